The largest absolute Gasteiger partial charge is 0.743 e. The minimum atomic E-state index is -6.60. The van der Waals surface area contributed by atoms with Crippen molar-refractivity contribution in [3.8, 4) is 0 Å². The maximum absolute atomic E-state index is 13.1. The van der Waals surface area contributed by atoms with Crippen molar-refractivity contribution in [1.82, 2.24) is 0 Å². The summed E-state index contributed by atoms with van der Waals surface area (Å²) >= 11 is 0. The number of halogens is 5. The molecule has 0 spiro atoms. The summed E-state index contributed by atoms with van der Waals surface area (Å²) in [6.45, 7) is 2.65. The Morgan fingerprint density at radius 3 is 1.96 bits per heavy atom. The molecule has 0 bridgehead atoms. The summed E-state index contributed by atoms with van der Waals surface area (Å²) in [5.41, 5.74) is -0.939. The van der Waals surface area contributed by atoms with Gasteiger partial charge in [0.05, 0.1) is 12.0 Å². The minimum Gasteiger partial charge on any atom is -0.743 e. The van der Waals surface area contributed by atoms with Crippen LogP contribution in [0, 0.1) is 5.41 Å². The molecule has 0 heterocycles. The molecule has 0 fully saturated rings. The van der Waals surface area contributed by atoms with E-state index in [1.165, 1.54) is 13.8 Å². The first kappa shape index (κ1) is 22.0. The average molecular weight is 371 g/mol. The molecular formula is C11H16F5O6S-. The van der Waals surface area contributed by atoms with E-state index in [0.29, 0.717) is 6.42 Å². The van der Waals surface area contributed by atoms with Crippen LogP contribution in [0.2, 0.25) is 0 Å². The molecule has 0 saturated carbocycles. The average Bonchev–Trinajstić information content (AvgIpc) is 2.34. The van der Waals surface area contributed by atoms with E-state index < -0.39 is 52.3 Å². The summed E-state index contributed by atoms with van der Waals surface area (Å²) in [5, 5.41) is -5.71. The Morgan fingerprint density at radius 1 is 1.13 bits per heavy atom. The van der Waals surface area contributed by atoms with E-state index in [2.05, 4.69) is 9.47 Å². The highest BCUT2D eigenvalue weighted by Crippen LogP contribution is 2.37. The number of ether oxygens (including phenoxy) is 2. The predicted octanol–water partition coefficient (Wildman–Crippen LogP) is 2.05. The Kier molecular flexibility index (Phi) is 6.94. The molecule has 6 nitrogen and oxygen atoms in total. The normalized spacial score (nSPS) is 15.3. The van der Waals surface area contributed by atoms with Crippen molar-refractivity contribution in [3.63, 3.8) is 0 Å². The van der Waals surface area contributed by atoms with Gasteiger partial charge in [0.15, 0.2) is 10.1 Å². The van der Waals surface area contributed by atoms with Crippen LogP contribution in [0.1, 0.15) is 27.2 Å². The topological polar surface area (TPSA) is 92.7 Å². The fourth-order valence-electron chi connectivity index (χ4n) is 1.15. The maximum Gasteiger partial charge on any atom is 0.421 e. The number of carbonyl (C=O) groups is 1. The summed E-state index contributed by atoms with van der Waals surface area (Å²) in [5.74, 6) is -0.796. The number of hydrogen-bond acceptors (Lipinski definition) is 6. The quantitative estimate of drug-likeness (QED) is 0.281. The van der Waals surface area contributed by atoms with E-state index in [1.807, 2.05) is 0 Å². The van der Waals surface area contributed by atoms with Crippen LogP contribution in [-0.4, -0.2) is 49.7 Å². The first-order valence-electron chi connectivity index (χ1n) is 6.26. The molecule has 0 N–H and O–H groups in total. The van der Waals surface area contributed by atoms with Crippen LogP contribution in [0.3, 0.4) is 0 Å². The van der Waals surface area contributed by atoms with Gasteiger partial charge in [-0.2, -0.15) is 22.0 Å². The minimum absolute atomic E-state index is 0.352. The van der Waals surface area contributed by atoms with Crippen molar-refractivity contribution < 1.29 is 49.2 Å². The second kappa shape index (κ2) is 7.26. The van der Waals surface area contributed by atoms with Gasteiger partial charge in [0, 0.05) is 0 Å². The van der Waals surface area contributed by atoms with Gasteiger partial charge in [-0.25, -0.2) is 8.42 Å². The lowest BCUT2D eigenvalue weighted by atomic mass is 9.91. The molecule has 23 heavy (non-hydrogen) atoms. The van der Waals surface area contributed by atoms with Gasteiger partial charge < -0.3 is 14.0 Å². The Balaban J connectivity index is 4.85. The molecule has 1 unspecified atom stereocenters. The van der Waals surface area contributed by atoms with Crippen molar-refractivity contribution in [2.75, 3.05) is 13.2 Å². The van der Waals surface area contributed by atoms with E-state index in [9.17, 15) is 39.7 Å². The van der Waals surface area contributed by atoms with Crippen LogP contribution in [0.15, 0.2) is 0 Å². The molecule has 0 aliphatic carbocycles. The zero-order valence-corrected chi connectivity index (χ0v) is 13.3. The first-order valence-corrected chi connectivity index (χ1v) is 7.67. The number of alkyl halides is 5. The number of hydrogen-bond donors (Lipinski definition) is 0. The molecule has 0 amide bonds. The van der Waals surface area contributed by atoms with Gasteiger partial charge in [-0.05, 0) is 20.3 Å². The van der Waals surface area contributed by atoms with Crippen LogP contribution in [-0.2, 0) is 24.4 Å². The number of esters is 1. The van der Waals surface area contributed by atoms with Gasteiger partial charge >= 0.3 is 17.4 Å². The third-order valence-electron chi connectivity index (χ3n) is 2.97. The van der Waals surface area contributed by atoms with Crippen LogP contribution >= 0.6 is 0 Å². The van der Waals surface area contributed by atoms with E-state index in [0.717, 1.165) is 0 Å². The van der Waals surface area contributed by atoms with Crippen molar-refractivity contribution >= 4 is 16.1 Å². The van der Waals surface area contributed by atoms with Crippen molar-refractivity contribution in [3.05, 3.63) is 0 Å². The molecule has 1 atom stereocenters. The highest BCUT2D eigenvalue weighted by Gasteiger charge is 2.61. The van der Waals surface area contributed by atoms with Crippen LogP contribution in [0.25, 0.3) is 0 Å². The molecule has 138 valence electrons. The summed E-state index contributed by atoms with van der Waals surface area (Å²) in [6.07, 6.45) is -9.62. The molecule has 0 aliphatic rings. The zero-order chi connectivity index (χ0) is 18.7. The van der Waals surface area contributed by atoms with Gasteiger partial charge in [0.25, 0.3) is 0 Å². The Hall–Kier alpha value is -1.01. The lowest BCUT2D eigenvalue weighted by Crippen LogP contribution is -2.51. The fraction of sp³-hybridized carbons (Fsp3) is 0.909. The molecule has 0 aromatic rings. The van der Waals surface area contributed by atoms with Crippen molar-refractivity contribution in [1.29, 1.82) is 0 Å². The summed E-state index contributed by atoms with van der Waals surface area (Å²) in [7, 11) is -6.60. The second-order valence-corrected chi connectivity index (χ2v) is 6.63. The highest BCUT2D eigenvalue weighted by molar-refractivity contribution is 7.86. The van der Waals surface area contributed by atoms with E-state index in [-0.39, 0.29) is 0 Å². The molecule has 0 rings (SSSR count). The van der Waals surface area contributed by atoms with Crippen molar-refractivity contribution in [2.45, 2.75) is 44.7 Å². The summed E-state index contributed by atoms with van der Waals surface area (Å²) < 4.78 is 103. The zero-order valence-electron chi connectivity index (χ0n) is 12.4. The van der Waals surface area contributed by atoms with E-state index in [4.69, 9.17) is 0 Å². The number of rotatable bonds is 8. The Morgan fingerprint density at radius 2 is 1.61 bits per heavy atom. The summed E-state index contributed by atoms with van der Waals surface area (Å²) in [6, 6.07) is 0. The van der Waals surface area contributed by atoms with E-state index >= 15 is 0 Å². The Bertz CT molecular complexity index is 513. The molecule has 0 aromatic heterocycles. The molecular weight excluding hydrogens is 355 g/mol. The SMILES string of the molecule is CCC(C)(C)C(=O)OCCOC(C(F)(F)F)C(F)(F)S(=O)(=O)[O-]. The fourth-order valence-corrected chi connectivity index (χ4v) is 1.62. The third-order valence-corrected chi connectivity index (χ3v) is 3.85. The monoisotopic (exact) mass is 371 g/mol. The highest BCUT2D eigenvalue weighted by atomic mass is 32.2. The van der Waals surface area contributed by atoms with Crippen LogP contribution < -0.4 is 0 Å². The molecule has 0 radical (unpaired) electrons. The van der Waals surface area contributed by atoms with Crippen LogP contribution in [0.5, 0.6) is 0 Å². The lowest BCUT2D eigenvalue weighted by molar-refractivity contribution is -0.266. The maximum atomic E-state index is 13.1. The van der Waals surface area contributed by atoms with Crippen LogP contribution in [0.4, 0.5) is 22.0 Å². The molecule has 0 aliphatic heterocycles. The smallest absolute Gasteiger partial charge is 0.421 e. The van der Waals surface area contributed by atoms with Gasteiger partial charge in [0.1, 0.15) is 6.61 Å². The molecule has 0 aromatic carbocycles. The van der Waals surface area contributed by atoms with Gasteiger partial charge in [-0.1, -0.05) is 6.92 Å². The van der Waals surface area contributed by atoms with Gasteiger partial charge in [-0.15, -0.1) is 0 Å². The van der Waals surface area contributed by atoms with E-state index in [1.54, 1.807) is 6.92 Å². The lowest BCUT2D eigenvalue weighted by Gasteiger charge is -2.30. The first-order chi connectivity index (χ1) is 10.1. The van der Waals surface area contributed by atoms with Gasteiger partial charge in [0.2, 0.25) is 6.10 Å². The standard InChI is InChI=1S/C11H17F5O6S/c1-4-9(2,3)8(17)22-6-5-21-7(10(12,13)14)11(15,16)23(18,19)20/h7H,4-6H2,1-3H3,(H,18,19,20)/p-1. The molecule has 12 heteroatoms. The second-order valence-electron chi connectivity index (χ2n) is 5.18. The Labute approximate surface area is 129 Å². The van der Waals surface area contributed by atoms with Gasteiger partial charge in [-0.3, -0.25) is 4.79 Å². The van der Waals surface area contributed by atoms with Crippen molar-refractivity contribution in [2.24, 2.45) is 5.41 Å². The predicted molar refractivity (Wildman–Crippen MR) is 65.5 cm³/mol. The summed E-state index contributed by atoms with van der Waals surface area (Å²) in [4.78, 5) is 11.5. The number of carbonyl (C=O) groups excluding carboxylic acids is 1. The molecule has 0 saturated heterocycles. The third kappa shape index (κ3) is 5.84.